The predicted molar refractivity (Wildman–Crippen MR) is 73.4 cm³/mol. The molecule has 0 aliphatic carbocycles. The maximum atomic E-state index is 9.07. The molecule has 0 aromatic heterocycles. The molecular formula is C15H11N3O2. The average molecular weight is 265 g/mol. The van der Waals surface area contributed by atoms with Gasteiger partial charge in [0, 0.05) is 6.07 Å². The molecule has 98 valence electrons. The van der Waals surface area contributed by atoms with Crippen LogP contribution in [0.15, 0.2) is 36.4 Å². The maximum Gasteiger partial charge on any atom is 0.150 e. The Morgan fingerprint density at radius 2 is 1.80 bits per heavy atom. The van der Waals surface area contributed by atoms with E-state index in [9.17, 15) is 0 Å². The Bertz CT molecular complexity index is 727. The lowest BCUT2D eigenvalue weighted by molar-refractivity contribution is 0.409. The zero-order valence-electron chi connectivity index (χ0n) is 10.8. The van der Waals surface area contributed by atoms with Crippen molar-refractivity contribution in [3.8, 4) is 29.4 Å². The van der Waals surface area contributed by atoms with E-state index in [1.54, 1.807) is 30.3 Å². The minimum atomic E-state index is 0.329. The number of methoxy groups -OCH3 is 1. The molecule has 0 heterocycles. The van der Waals surface area contributed by atoms with Crippen molar-refractivity contribution in [3.63, 3.8) is 0 Å². The van der Waals surface area contributed by atoms with Gasteiger partial charge in [0.1, 0.15) is 23.3 Å². The van der Waals surface area contributed by atoms with Crippen LogP contribution in [0, 0.1) is 22.7 Å². The van der Waals surface area contributed by atoms with E-state index >= 15 is 0 Å². The van der Waals surface area contributed by atoms with Crippen molar-refractivity contribution in [1.82, 2.24) is 0 Å². The van der Waals surface area contributed by atoms with Gasteiger partial charge in [-0.2, -0.15) is 10.5 Å². The van der Waals surface area contributed by atoms with Gasteiger partial charge in [0.25, 0.3) is 0 Å². The smallest absolute Gasteiger partial charge is 0.150 e. The molecule has 0 unspecified atom stereocenters. The normalized spacial score (nSPS) is 9.35. The molecule has 0 amide bonds. The first kappa shape index (κ1) is 13.3. The van der Waals surface area contributed by atoms with E-state index in [4.69, 9.17) is 25.7 Å². The molecule has 0 fully saturated rings. The first-order valence-corrected chi connectivity index (χ1v) is 5.73. The number of nitriles is 2. The quantitative estimate of drug-likeness (QED) is 0.861. The molecule has 0 aliphatic heterocycles. The zero-order valence-corrected chi connectivity index (χ0v) is 10.8. The van der Waals surface area contributed by atoms with E-state index in [0.29, 0.717) is 34.1 Å². The molecule has 2 aromatic rings. The van der Waals surface area contributed by atoms with Gasteiger partial charge in [0.05, 0.1) is 30.0 Å². The number of ether oxygens (including phenoxy) is 2. The molecule has 2 N–H and O–H groups in total. The number of hydrogen-bond donors (Lipinski definition) is 1. The molecule has 20 heavy (non-hydrogen) atoms. The Morgan fingerprint density at radius 3 is 2.40 bits per heavy atom. The Labute approximate surface area is 116 Å². The van der Waals surface area contributed by atoms with Crippen LogP contribution in [0.4, 0.5) is 5.69 Å². The third-order valence-electron chi connectivity index (χ3n) is 2.67. The third kappa shape index (κ3) is 2.63. The Hall–Kier alpha value is -3.18. The molecule has 0 saturated heterocycles. The highest BCUT2D eigenvalue weighted by Crippen LogP contribution is 2.32. The summed E-state index contributed by atoms with van der Waals surface area (Å²) in [6, 6.07) is 13.6. The van der Waals surface area contributed by atoms with Crippen LogP contribution in [0.3, 0.4) is 0 Å². The predicted octanol–water partition coefficient (Wildman–Crippen LogP) is 2.81. The standard InChI is InChI=1S/C15H11N3O2/c1-19-12-4-3-11(9-17)15(7-12)20-14-5-2-10(8-16)6-13(14)18/h2-7H,18H2,1H3. The van der Waals surface area contributed by atoms with Gasteiger partial charge < -0.3 is 15.2 Å². The molecular weight excluding hydrogens is 254 g/mol. The fraction of sp³-hybridized carbons (Fsp3) is 0.0667. The van der Waals surface area contributed by atoms with Crippen molar-refractivity contribution in [1.29, 1.82) is 10.5 Å². The number of anilines is 1. The van der Waals surface area contributed by atoms with E-state index in [2.05, 4.69) is 0 Å². The fourth-order valence-corrected chi connectivity index (χ4v) is 1.64. The van der Waals surface area contributed by atoms with Crippen molar-refractivity contribution in [3.05, 3.63) is 47.5 Å². The van der Waals surface area contributed by atoms with Gasteiger partial charge in [-0.1, -0.05) is 0 Å². The number of nitrogen functional groups attached to an aromatic ring is 1. The summed E-state index contributed by atoms with van der Waals surface area (Å²) in [7, 11) is 1.53. The molecule has 2 aromatic carbocycles. The van der Waals surface area contributed by atoms with Crippen molar-refractivity contribution < 1.29 is 9.47 Å². The monoisotopic (exact) mass is 265 g/mol. The molecule has 0 aliphatic rings. The summed E-state index contributed by atoms with van der Waals surface area (Å²) in [6.45, 7) is 0. The van der Waals surface area contributed by atoms with Gasteiger partial charge in [-0.05, 0) is 30.3 Å². The van der Waals surface area contributed by atoms with Crippen molar-refractivity contribution in [2.24, 2.45) is 0 Å². The van der Waals surface area contributed by atoms with Crippen LogP contribution < -0.4 is 15.2 Å². The SMILES string of the molecule is COc1ccc(C#N)c(Oc2ccc(C#N)cc2N)c1. The van der Waals surface area contributed by atoms with Crippen LogP contribution in [0.2, 0.25) is 0 Å². The van der Waals surface area contributed by atoms with Crippen molar-refractivity contribution >= 4 is 5.69 Å². The van der Waals surface area contributed by atoms with E-state index in [0.717, 1.165) is 0 Å². The zero-order chi connectivity index (χ0) is 14.5. The lowest BCUT2D eigenvalue weighted by atomic mass is 10.2. The number of hydrogen-bond acceptors (Lipinski definition) is 5. The van der Waals surface area contributed by atoms with Crippen molar-refractivity contribution in [2.45, 2.75) is 0 Å². The Kier molecular flexibility index (Phi) is 3.74. The third-order valence-corrected chi connectivity index (χ3v) is 2.67. The van der Waals surface area contributed by atoms with Crippen LogP contribution in [0.25, 0.3) is 0 Å². The van der Waals surface area contributed by atoms with E-state index < -0.39 is 0 Å². The number of benzene rings is 2. The molecule has 0 saturated carbocycles. The van der Waals surface area contributed by atoms with Crippen molar-refractivity contribution in [2.75, 3.05) is 12.8 Å². The summed E-state index contributed by atoms with van der Waals surface area (Å²) in [5, 5.41) is 17.9. The second kappa shape index (κ2) is 5.64. The maximum absolute atomic E-state index is 9.07. The summed E-state index contributed by atoms with van der Waals surface area (Å²) in [5.41, 5.74) is 6.96. The summed E-state index contributed by atoms with van der Waals surface area (Å²) in [5.74, 6) is 1.31. The van der Waals surface area contributed by atoms with Gasteiger partial charge in [-0.25, -0.2) is 0 Å². The lowest BCUT2D eigenvalue weighted by Gasteiger charge is -2.11. The van der Waals surface area contributed by atoms with Crippen LogP contribution in [0.1, 0.15) is 11.1 Å². The molecule has 0 radical (unpaired) electrons. The number of nitrogens with two attached hydrogens (primary N) is 1. The molecule has 0 spiro atoms. The molecule has 2 rings (SSSR count). The van der Waals surface area contributed by atoms with Crippen LogP contribution >= 0.6 is 0 Å². The molecule has 0 atom stereocenters. The second-order valence-corrected chi connectivity index (χ2v) is 3.94. The fourth-order valence-electron chi connectivity index (χ4n) is 1.64. The molecule has 5 nitrogen and oxygen atoms in total. The minimum absolute atomic E-state index is 0.329. The Morgan fingerprint density at radius 1 is 1.00 bits per heavy atom. The average Bonchev–Trinajstić information content (AvgIpc) is 2.49. The summed E-state index contributed by atoms with van der Waals surface area (Å²) in [6.07, 6.45) is 0. The van der Waals surface area contributed by atoms with Gasteiger partial charge in [0.2, 0.25) is 0 Å². The molecule has 0 bridgehead atoms. The topological polar surface area (TPSA) is 92.1 Å². The lowest BCUT2D eigenvalue weighted by Crippen LogP contribution is -1.95. The van der Waals surface area contributed by atoms with E-state index in [1.807, 2.05) is 12.1 Å². The molecule has 5 heteroatoms. The second-order valence-electron chi connectivity index (χ2n) is 3.94. The summed E-state index contributed by atoms with van der Waals surface area (Å²) in [4.78, 5) is 0. The summed E-state index contributed by atoms with van der Waals surface area (Å²) < 4.78 is 10.7. The van der Waals surface area contributed by atoms with E-state index in [-0.39, 0.29) is 0 Å². The van der Waals surface area contributed by atoms with E-state index in [1.165, 1.54) is 13.2 Å². The summed E-state index contributed by atoms with van der Waals surface area (Å²) >= 11 is 0. The first-order chi connectivity index (χ1) is 9.67. The number of nitrogens with zero attached hydrogens (tertiary/aromatic N) is 2. The highest BCUT2D eigenvalue weighted by Gasteiger charge is 2.09. The first-order valence-electron chi connectivity index (χ1n) is 5.73. The van der Waals surface area contributed by atoms with Crippen LogP contribution in [0.5, 0.6) is 17.2 Å². The highest BCUT2D eigenvalue weighted by molar-refractivity contribution is 5.59. The van der Waals surface area contributed by atoms with Crippen LogP contribution in [-0.2, 0) is 0 Å². The minimum Gasteiger partial charge on any atom is -0.497 e. The van der Waals surface area contributed by atoms with Gasteiger partial charge in [-0.3, -0.25) is 0 Å². The largest absolute Gasteiger partial charge is 0.497 e. The highest BCUT2D eigenvalue weighted by atomic mass is 16.5. The number of rotatable bonds is 3. The Balaban J connectivity index is 2.39. The van der Waals surface area contributed by atoms with Gasteiger partial charge in [0.15, 0.2) is 0 Å². The van der Waals surface area contributed by atoms with Crippen LogP contribution in [-0.4, -0.2) is 7.11 Å². The van der Waals surface area contributed by atoms with Gasteiger partial charge in [-0.15, -0.1) is 0 Å². The van der Waals surface area contributed by atoms with Gasteiger partial charge >= 0.3 is 0 Å².